The minimum absolute atomic E-state index is 0.387. The van der Waals surface area contributed by atoms with Crippen molar-refractivity contribution >= 4 is 33.4 Å². The predicted molar refractivity (Wildman–Crippen MR) is 134 cm³/mol. The smallest absolute Gasteiger partial charge is 0.327 e. The monoisotopic (exact) mass is 443 g/mol. The lowest BCUT2D eigenvalue weighted by Crippen LogP contribution is -2.45. The van der Waals surface area contributed by atoms with Crippen LogP contribution in [0.4, 0.5) is 0 Å². The number of hydrogen-bond acceptors (Lipinski definition) is 2. The molecule has 0 saturated heterocycles. The van der Waals surface area contributed by atoms with Crippen LogP contribution in [0.2, 0.25) is 0 Å². The Balaban J connectivity index is 1.49. The summed E-state index contributed by atoms with van der Waals surface area (Å²) in [5.41, 5.74) is 4.36. The molecule has 5 aromatic rings. The van der Waals surface area contributed by atoms with Gasteiger partial charge in [0, 0.05) is 5.92 Å². The molecule has 2 N–H and O–H groups in total. The van der Waals surface area contributed by atoms with Crippen LogP contribution >= 0.6 is 0 Å². The molecule has 0 radical (unpaired) electrons. The number of carboxylic acids is 1. The maximum Gasteiger partial charge on any atom is 0.327 e. The first-order valence-electron chi connectivity index (χ1n) is 11.3. The van der Waals surface area contributed by atoms with E-state index in [4.69, 9.17) is 0 Å². The number of rotatable bonds is 4. The van der Waals surface area contributed by atoms with Gasteiger partial charge in [-0.1, -0.05) is 97.1 Å². The molecule has 4 nitrogen and oxygen atoms in total. The molecule has 0 heterocycles. The summed E-state index contributed by atoms with van der Waals surface area (Å²) in [5, 5.41) is 16.7. The Morgan fingerprint density at radius 1 is 0.676 bits per heavy atom. The summed E-state index contributed by atoms with van der Waals surface area (Å²) >= 11 is 0. The number of hydrogen-bond donors (Lipinski definition) is 2. The second-order valence-electron chi connectivity index (χ2n) is 8.64. The normalized spacial score (nSPS) is 13.4. The first kappa shape index (κ1) is 20.2. The highest BCUT2D eigenvalue weighted by molar-refractivity contribution is 6.18. The predicted octanol–water partition coefficient (Wildman–Crippen LogP) is 5.99. The van der Waals surface area contributed by atoms with E-state index < -0.39 is 17.9 Å². The fourth-order valence-electron chi connectivity index (χ4n) is 5.31. The Hall–Kier alpha value is -4.44. The van der Waals surface area contributed by atoms with Crippen molar-refractivity contribution in [3.63, 3.8) is 0 Å². The molecule has 1 aliphatic rings. The number of fused-ring (bicyclic) bond motifs is 5. The quantitative estimate of drug-likeness (QED) is 0.335. The molecule has 6 rings (SSSR count). The molecule has 0 spiro atoms. The second-order valence-corrected chi connectivity index (χ2v) is 8.64. The summed E-state index contributed by atoms with van der Waals surface area (Å²) in [5.74, 6) is -1.92. The zero-order chi connectivity index (χ0) is 23.2. The average molecular weight is 444 g/mol. The average Bonchev–Trinajstić information content (AvgIpc) is 3.19. The standard InChI is InChI=1S/C30H21NO3/c32-29(27-20-11-3-1-9-18(20)17-19-10-2-4-12-21(19)27)31-28(30(33)34)26-24-15-7-5-13-22(24)23-14-6-8-16-25(23)26/h1-17,26,28H,(H,31,32)(H,33,34)/t28-/m0/s1. The van der Waals surface area contributed by atoms with Gasteiger partial charge in [-0.3, -0.25) is 4.79 Å². The maximum absolute atomic E-state index is 13.8. The van der Waals surface area contributed by atoms with E-state index in [1.165, 1.54) is 0 Å². The highest BCUT2D eigenvalue weighted by Gasteiger charge is 2.39. The van der Waals surface area contributed by atoms with Gasteiger partial charge in [0.15, 0.2) is 0 Å². The molecule has 1 aliphatic carbocycles. The summed E-state index contributed by atoms with van der Waals surface area (Å²) in [4.78, 5) is 26.4. The zero-order valence-corrected chi connectivity index (χ0v) is 18.2. The van der Waals surface area contributed by atoms with Gasteiger partial charge in [0.05, 0.1) is 5.56 Å². The summed E-state index contributed by atoms with van der Waals surface area (Å²) in [6, 6.07) is 32.0. The van der Waals surface area contributed by atoms with Crippen molar-refractivity contribution < 1.29 is 14.7 Å². The molecule has 34 heavy (non-hydrogen) atoms. The van der Waals surface area contributed by atoms with Crippen LogP contribution in [0.3, 0.4) is 0 Å². The van der Waals surface area contributed by atoms with E-state index in [1.54, 1.807) is 0 Å². The van der Waals surface area contributed by atoms with Crippen molar-refractivity contribution in [1.29, 1.82) is 0 Å². The van der Waals surface area contributed by atoms with Crippen molar-refractivity contribution in [2.24, 2.45) is 0 Å². The molecule has 0 saturated carbocycles. The summed E-state index contributed by atoms with van der Waals surface area (Å²) in [7, 11) is 0. The van der Waals surface area contributed by atoms with E-state index in [1.807, 2.05) is 97.1 Å². The van der Waals surface area contributed by atoms with Crippen molar-refractivity contribution in [2.45, 2.75) is 12.0 Å². The first-order valence-corrected chi connectivity index (χ1v) is 11.3. The Kier molecular flexibility index (Phi) is 4.66. The maximum atomic E-state index is 13.8. The number of carbonyl (C=O) groups is 2. The summed E-state index contributed by atoms with van der Waals surface area (Å²) in [6.45, 7) is 0. The van der Waals surface area contributed by atoms with E-state index in [2.05, 4.69) is 11.4 Å². The minimum Gasteiger partial charge on any atom is -0.480 e. The van der Waals surface area contributed by atoms with Crippen LogP contribution in [0.5, 0.6) is 0 Å². The van der Waals surface area contributed by atoms with Crippen molar-refractivity contribution in [3.05, 3.63) is 120 Å². The van der Waals surface area contributed by atoms with Crippen LogP contribution in [0.1, 0.15) is 27.4 Å². The third-order valence-electron chi connectivity index (χ3n) is 6.77. The molecule has 164 valence electrons. The molecule has 5 aromatic carbocycles. The zero-order valence-electron chi connectivity index (χ0n) is 18.2. The molecule has 1 amide bonds. The fourth-order valence-corrected chi connectivity index (χ4v) is 5.31. The van der Waals surface area contributed by atoms with Gasteiger partial charge in [0.25, 0.3) is 5.91 Å². The van der Waals surface area contributed by atoms with Crippen LogP contribution in [-0.2, 0) is 4.79 Å². The van der Waals surface area contributed by atoms with E-state index in [0.29, 0.717) is 5.56 Å². The van der Waals surface area contributed by atoms with Crippen molar-refractivity contribution in [3.8, 4) is 11.1 Å². The van der Waals surface area contributed by atoms with Crippen LogP contribution < -0.4 is 5.32 Å². The SMILES string of the molecule is O=C(N[C@H](C(=O)O)C1c2ccccc2-c2ccccc21)c1c2ccccc2cc2ccccc12. The highest BCUT2D eigenvalue weighted by Crippen LogP contribution is 2.46. The number of nitrogens with one attached hydrogen (secondary N) is 1. The highest BCUT2D eigenvalue weighted by atomic mass is 16.4. The van der Waals surface area contributed by atoms with E-state index in [0.717, 1.165) is 43.8 Å². The van der Waals surface area contributed by atoms with Crippen LogP contribution in [0, 0.1) is 0 Å². The van der Waals surface area contributed by atoms with Crippen LogP contribution in [0.25, 0.3) is 32.7 Å². The number of amides is 1. The first-order chi connectivity index (χ1) is 16.6. The molecular formula is C30H21NO3. The number of carbonyl (C=O) groups excluding carboxylic acids is 1. The van der Waals surface area contributed by atoms with Gasteiger partial charge >= 0.3 is 5.97 Å². The molecule has 0 unspecified atom stereocenters. The summed E-state index contributed by atoms with van der Waals surface area (Å²) in [6.07, 6.45) is 0. The minimum atomic E-state index is -1.12. The molecular weight excluding hydrogens is 422 g/mol. The Labute approximate surface area is 196 Å². The number of carboxylic acid groups (broad SMARTS) is 1. The van der Waals surface area contributed by atoms with Gasteiger partial charge in [-0.2, -0.15) is 0 Å². The van der Waals surface area contributed by atoms with Gasteiger partial charge in [-0.05, 0) is 49.9 Å². The molecule has 0 aromatic heterocycles. The largest absolute Gasteiger partial charge is 0.480 e. The Morgan fingerprint density at radius 3 is 1.68 bits per heavy atom. The third-order valence-corrected chi connectivity index (χ3v) is 6.77. The van der Waals surface area contributed by atoms with Gasteiger partial charge in [0.1, 0.15) is 6.04 Å². The number of benzene rings is 5. The molecule has 1 atom stereocenters. The van der Waals surface area contributed by atoms with Gasteiger partial charge in [-0.15, -0.1) is 0 Å². The second kappa shape index (κ2) is 7.85. The molecule has 0 bridgehead atoms. The van der Waals surface area contributed by atoms with Gasteiger partial charge in [0.2, 0.25) is 0 Å². The van der Waals surface area contributed by atoms with Gasteiger partial charge in [-0.25, -0.2) is 4.79 Å². The lowest BCUT2D eigenvalue weighted by molar-refractivity contribution is -0.139. The van der Waals surface area contributed by atoms with Crippen LogP contribution in [-0.4, -0.2) is 23.0 Å². The van der Waals surface area contributed by atoms with Crippen molar-refractivity contribution in [2.75, 3.05) is 0 Å². The van der Waals surface area contributed by atoms with Gasteiger partial charge < -0.3 is 10.4 Å². The lowest BCUT2D eigenvalue weighted by Gasteiger charge is -2.24. The lowest BCUT2D eigenvalue weighted by atomic mass is 9.88. The molecule has 4 heteroatoms. The topological polar surface area (TPSA) is 66.4 Å². The van der Waals surface area contributed by atoms with Crippen LogP contribution in [0.15, 0.2) is 103 Å². The Morgan fingerprint density at radius 2 is 1.15 bits per heavy atom. The fraction of sp³-hybridized carbons (Fsp3) is 0.0667. The molecule has 0 aliphatic heterocycles. The van der Waals surface area contributed by atoms with E-state index >= 15 is 0 Å². The third kappa shape index (κ3) is 3.07. The number of aliphatic carboxylic acids is 1. The van der Waals surface area contributed by atoms with E-state index in [-0.39, 0.29) is 5.91 Å². The Bertz CT molecular complexity index is 1500. The molecule has 0 fully saturated rings. The van der Waals surface area contributed by atoms with Crippen molar-refractivity contribution in [1.82, 2.24) is 5.32 Å². The summed E-state index contributed by atoms with van der Waals surface area (Å²) < 4.78 is 0. The van der Waals surface area contributed by atoms with E-state index in [9.17, 15) is 14.7 Å².